The largest absolute Gasteiger partial charge is 0.504 e. The first-order valence-electron chi connectivity index (χ1n) is 7.56. The van der Waals surface area contributed by atoms with Crippen LogP contribution in [0, 0.1) is 0 Å². The predicted molar refractivity (Wildman–Crippen MR) is 93.5 cm³/mol. The second-order valence-electron chi connectivity index (χ2n) is 5.58. The van der Waals surface area contributed by atoms with Gasteiger partial charge in [0.15, 0.2) is 11.5 Å². The van der Waals surface area contributed by atoms with Gasteiger partial charge in [-0.2, -0.15) is 0 Å². The van der Waals surface area contributed by atoms with E-state index in [9.17, 15) is 5.11 Å². The smallest absolute Gasteiger partial charge is 0.161 e. The van der Waals surface area contributed by atoms with Crippen LogP contribution in [0.3, 0.4) is 0 Å². The maximum Gasteiger partial charge on any atom is 0.161 e. The fourth-order valence-corrected chi connectivity index (χ4v) is 3.16. The number of hydrogen-bond donors (Lipinski definition) is 1. The third-order valence-electron chi connectivity index (χ3n) is 4.24. The van der Waals surface area contributed by atoms with Gasteiger partial charge in [-0.15, -0.1) is 0 Å². The second kappa shape index (κ2) is 5.33. The molecule has 3 aromatic rings. The highest BCUT2D eigenvalue weighted by Crippen LogP contribution is 2.44. The number of phenolic OH excluding ortho intramolecular Hbond substituents is 1. The summed E-state index contributed by atoms with van der Waals surface area (Å²) in [4.78, 5) is 0. The Morgan fingerprint density at radius 3 is 1.91 bits per heavy atom. The summed E-state index contributed by atoms with van der Waals surface area (Å²) in [6.45, 7) is 0. The van der Waals surface area contributed by atoms with Gasteiger partial charge in [-0.25, -0.2) is 0 Å². The normalized spacial score (nSPS) is 11.8. The summed E-state index contributed by atoms with van der Waals surface area (Å²) in [6, 6.07) is 22.3. The highest BCUT2D eigenvalue weighted by atomic mass is 16.5. The zero-order chi connectivity index (χ0) is 15.8. The van der Waals surface area contributed by atoms with Crippen LogP contribution in [0.15, 0.2) is 66.7 Å². The molecule has 1 aliphatic rings. The van der Waals surface area contributed by atoms with Crippen molar-refractivity contribution >= 4 is 11.6 Å². The summed E-state index contributed by atoms with van der Waals surface area (Å²) in [5, 5.41) is 9.77. The maximum absolute atomic E-state index is 9.77. The van der Waals surface area contributed by atoms with Gasteiger partial charge in [0, 0.05) is 0 Å². The Balaban J connectivity index is 1.92. The summed E-state index contributed by atoms with van der Waals surface area (Å²) >= 11 is 0. The standard InChI is InChI=1S/C21H16O2/c1-23-21-13-14(10-11-20(21)22)12-19-17-8-4-2-6-15(17)16-7-3-5-9-18(16)19/h2-13,22H,1H3. The Morgan fingerprint density at radius 2 is 1.35 bits per heavy atom. The van der Waals surface area contributed by atoms with Gasteiger partial charge in [-0.1, -0.05) is 54.6 Å². The van der Waals surface area contributed by atoms with Crippen molar-refractivity contribution in [2.75, 3.05) is 7.11 Å². The van der Waals surface area contributed by atoms with Crippen molar-refractivity contribution in [1.82, 2.24) is 0 Å². The van der Waals surface area contributed by atoms with E-state index in [1.165, 1.54) is 27.8 Å². The Morgan fingerprint density at radius 1 is 0.783 bits per heavy atom. The van der Waals surface area contributed by atoms with Gasteiger partial charge in [-0.3, -0.25) is 0 Å². The van der Waals surface area contributed by atoms with E-state index in [1.807, 2.05) is 12.1 Å². The molecule has 0 amide bonds. The van der Waals surface area contributed by atoms with Gasteiger partial charge in [0.1, 0.15) is 0 Å². The number of rotatable bonds is 2. The summed E-state index contributed by atoms with van der Waals surface area (Å²) in [6.07, 6.45) is 2.15. The number of ether oxygens (including phenoxy) is 1. The molecule has 1 N–H and O–H groups in total. The molecule has 1 aliphatic carbocycles. The van der Waals surface area contributed by atoms with Gasteiger partial charge in [0.2, 0.25) is 0 Å². The minimum atomic E-state index is 0.155. The lowest BCUT2D eigenvalue weighted by molar-refractivity contribution is 0.373. The summed E-state index contributed by atoms with van der Waals surface area (Å²) in [7, 11) is 1.56. The van der Waals surface area contributed by atoms with Crippen molar-refractivity contribution in [2.45, 2.75) is 0 Å². The summed E-state index contributed by atoms with van der Waals surface area (Å²) < 4.78 is 5.21. The molecule has 0 bridgehead atoms. The first-order valence-corrected chi connectivity index (χ1v) is 7.56. The van der Waals surface area contributed by atoms with Crippen LogP contribution in [0.1, 0.15) is 16.7 Å². The summed E-state index contributed by atoms with van der Waals surface area (Å²) in [5.74, 6) is 0.640. The molecule has 112 valence electrons. The number of methoxy groups -OCH3 is 1. The lowest BCUT2D eigenvalue weighted by Crippen LogP contribution is -1.86. The van der Waals surface area contributed by atoms with Gasteiger partial charge in [0.25, 0.3) is 0 Å². The third-order valence-corrected chi connectivity index (χ3v) is 4.24. The molecule has 0 saturated carbocycles. The first kappa shape index (κ1) is 13.6. The van der Waals surface area contributed by atoms with E-state index in [0.29, 0.717) is 5.75 Å². The molecule has 4 rings (SSSR count). The van der Waals surface area contributed by atoms with Gasteiger partial charge < -0.3 is 9.84 Å². The average Bonchev–Trinajstić information content (AvgIpc) is 2.91. The van der Waals surface area contributed by atoms with Crippen molar-refractivity contribution in [3.63, 3.8) is 0 Å². The third kappa shape index (κ3) is 2.20. The van der Waals surface area contributed by atoms with E-state index >= 15 is 0 Å². The molecule has 0 radical (unpaired) electrons. The number of phenols is 1. The first-order chi connectivity index (χ1) is 11.3. The van der Waals surface area contributed by atoms with Crippen molar-refractivity contribution in [2.24, 2.45) is 0 Å². The molecule has 0 saturated heterocycles. The van der Waals surface area contributed by atoms with E-state index in [-0.39, 0.29) is 5.75 Å². The predicted octanol–water partition coefficient (Wildman–Crippen LogP) is 4.97. The molecule has 0 unspecified atom stereocenters. The molecule has 0 aromatic heterocycles. The minimum Gasteiger partial charge on any atom is -0.504 e. The fraction of sp³-hybridized carbons (Fsp3) is 0.0476. The zero-order valence-electron chi connectivity index (χ0n) is 12.8. The van der Waals surface area contributed by atoms with Gasteiger partial charge >= 0.3 is 0 Å². The Kier molecular flexibility index (Phi) is 3.16. The minimum absolute atomic E-state index is 0.155. The van der Waals surface area contributed by atoms with Crippen molar-refractivity contribution in [3.05, 3.63) is 83.4 Å². The number of fused-ring (bicyclic) bond motifs is 3. The lowest BCUT2D eigenvalue weighted by atomic mass is 10.0. The monoisotopic (exact) mass is 300 g/mol. The molecule has 0 atom stereocenters. The molecular weight excluding hydrogens is 284 g/mol. The van der Waals surface area contributed by atoms with Crippen LogP contribution in [0.25, 0.3) is 22.8 Å². The molecule has 2 nitrogen and oxygen atoms in total. The molecule has 23 heavy (non-hydrogen) atoms. The van der Waals surface area contributed by atoms with E-state index in [2.05, 4.69) is 54.6 Å². The number of aromatic hydroxyl groups is 1. The van der Waals surface area contributed by atoms with Gasteiger partial charge in [0.05, 0.1) is 7.11 Å². The topological polar surface area (TPSA) is 29.5 Å². The van der Waals surface area contributed by atoms with Crippen LogP contribution >= 0.6 is 0 Å². The fourth-order valence-electron chi connectivity index (χ4n) is 3.16. The quantitative estimate of drug-likeness (QED) is 0.566. The molecular formula is C21H16O2. The number of hydrogen-bond acceptors (Lipinski definition) is 2. The van der Waals surface area contributed by atoms with E-state index in [1.54, 1.807) is 13.2 Å². The van der Waals surface area contributed by atoms with E-state index < -0.39 is 0 Å². The zero-order valence-corrected chi connectivity index (χ0v) is 12.8. The van der Waals surface area contributed by atoms with Crippen molar-refractivity contribution in [1.29, 1.82) is 0 Å². The van der Waals surface area contributed by atoms with Crippen LogP contribution in [-0.4, -0.2) is 12.2 Å². The highest BCUT2D eigenvalue weighted by molar-refractivity contribution is 6.06. The second-order valence-corrected chi connectivity index (χ2v) is 5.58. The maximum atomic E-state index is 9.77. The van der Waals surface area contributed by atoms with Crippen LogP contribution in [0.2, 0.25) is 0 Å². The van der Waals surface area contributed by atoms with Crippen LogP contribution in [0.5, 0.6) is 11.5 Å². The molecule has 0 heterocycles. The Labute approximate surface area is 135 Å². The van der Waals surface area contributed by atoms with Crippen LogP contribution in [-0.2, 0) is 0 Å². The summed E-state index contributed by atoms with van der Waals surface area (Å²) in [5.41, 5.74) is 7.20. The molecule has 0 aliphatic heterocycles. The Hall–Kier alpha value is -3.00. The van der Waals surface area contributed by atoms with Crippen LogP contribution in [0.4, 0.5) is 0 Å². The molecule has 0 spiro atoms. The van der Waals surface area contributed by atoms with Crippen LogP contribution < -0.4 is 4.74 Å². The molecule has 0 fully saturated rings. The lowest BCUT2D eigenvalue weighted by Gasteiger charge is -2.06. The van der Waals surface area contributed by atoms with Crippen molar-refractivity contribution < 1.29 is 9.84 Å². The highest BCUT2D eigenvalue weighted by Gasteiger charge is 2.22. The van der Waals surface area contributed by atoms with Crippen molar-refractivity contribution in [3.8, 4) is 22.6 Å². The molecule has 3 aromatic carbocycles. The molecule has 2 heteroatoms. The van der Waals surface area contributed by atoms with E-state index in [0.717, 1.165) is 5.56 Å². The van der Waals surface area contributed by atoms with Gasteiger partial charge in [-0.05, 0) is 51.6 Å². The van der Waals surface area contributed by atoms with E-state index in [4.69, 9.17) is 4.74 Å². The average molecular weight is 300 g/mol. The number of benzene rings is 3. The Bertz CT molecular complexity index is 875. The SMILES string of the molecule is COc1cc(C=C2c3ccccc3-c3ccccc32)ccc1O.